The first-order valence-electron chi connectivity index (χ1n) is 7.13. The van der Waals surface area contributed by atoms with Crippen LogP contribution in [0.25, 0.3) is 10.9 Å². The zero-order valence-electron chi connectivity index (χ0n) is 12.5. The minimum absolute atomic E-state index is 0.135. The molecule has 0 bridgehead atoms. The van der Waals surface area contributed by atoms with Gasteiger partial charge < -0.3 is 10.3 Å². The third-order valence-corrected chi connectivity index (χ3v) is 3.93. The van der Waals surface area contributed by atoms with Crippen molar-refractivity contribution in [3.8, 4) is 6.07 Å². The zero-order chi connectivity index (χ0) is 16.4. The van der Waals surface area contributed by atoms with Crippen LogP contribution in [0.15, 0.2) is 42.5 Å². The number of anilines is 1. The lowest BCUT2D eigenvalue weighted by atomic mass is 10.1. The maximum atomic E-state index is 12.3. The minimum Gasteiger partial charge on any atom is -0.358 e. The second-order valence-electron chi connectivity index (χ2n) is 5.34. The summed E-state index contributed by atoms with van der Waals surface area (Å²) in [6, 6.07) is 14.5. The van der Waals surface area contributed by atoms with E-state index >= 15 is 0 Å². The van der Waals surface area contributed by atoms with Gasteiger partial charge in [-0.15, -0.1) is 0 Å². The Balaban J connectivity index is 1.84. The molecule has 3 rings (SSSR count). The molecule has 0 fully saturated rings. The fourth-order valence-electron chi connectivity index (χ4n) is 2.61. The first-order valence-corrected chi connectivity index (χ1v) is 7.51. The van der Waals surface area contributed by atoms with Crippen molar-refractivity contribution >= 4 is 34.1 Å². The molecule has 0 radical (unpaired) electrons. The molecular weight excluding hydrogens is 310 g/mol. The fraction of sp³-hybridized carbons (Fsp3) is 0.111. The Hall–Kier alpha value is -2.77. The molecule has 0 aliphatic rings. The number of hydrogen-bond acceptors (Lipinski definition) is 2. The molecule has 3 aromatic rings. The summed E-state index contributed by atoms with van der Waals surface area (Å²) in [4.78, 5) is 15.6. The molecule has 1 amide bonds. The van der Waals surface area contributed by atoms with Gasteiger partial charge in [0, 0.05) is 27.3 Å². The van der Waals surface area contributed by atoms with Crippen LogP contribution in [-0.4, -0.2) is 10.9 Å². The molecule has 5 heteroatoms. The van der Waals surface area contributed by atoms with Gasteiger partial charge in [-0.25, -0.2) is 0 Å². The normalized spacial score (nSPS) is 10.5. The smallest absolute Gasteiger partial charge is 0.228 e. The summed E-state index contributed by atoms with van der Waals surface area (Å²) >= 11 is 6.05. The fourth-order valence-corrected chi connectivity index (χ4v) is 2.79. The maximum Gasteiger partial charge on any atom is 0.228 e. The molecule has 0 spiro atoms. The van der Waals surface area contributed by atoms with E-state index in [0.29, 0.717) is 16.3 Å². The SMILES string of the molecule is Cc1[nH]c2ccc(Cl)cc2c1CC(=O)Nc1cccc(C#N)c1. The third kappa shape index (κ3) is 3.20. The van der Waals surface area contributed by atoms with E-state index in [-0.39, 0.29) is 12.3 Å². The lowest BCUT2D eigenvalue weighted by molar-refractivity contribution is -0.115. The van der Waals surface area contributed by atoms with E-state index < -0.39 is 0 Å². The van der Waals surface area contributed by atoms with E-state index in [4.69, 9.17) is 16.9 Å². The molecule has 2 N–H and O–H groups in total. The topological polar surface area (TPSA) is 68.7 Å². The number of nitrogens with zero attached hydrogens (tertiary/aromatic N) is 1. The predicted octanol–water partition coefficient (Wildman–Crippen LogP) is 4.18. The summed E-state index contributed by atoms with van der Waals surface area (Å²) in [6.07, 6.45) is 0.239. The van der Waals surface area contributed by atoms with Gasteiger partial charge in [-0.1, -0.05) is 17.7 Å². The summed E-state index contributed by atoms with van der Waals surface area (Å²) in [5, 5.41) is 13.3. The second-order valence-corrected chi connectivity index (χ2v) is 5.77. The number of nitrogens with one attached hydrogen (secondary N) is 2. The number of hydrogen-bond donors (Lipinski definition) is 2. The number of amides is 1. The standard InChI is InChI=1S/C18H14ClN3O/c1-11-15(16-8-13(19)5-6-17(16)21-11)9-18(23)22-14-4-2-3-12(7-14)10-20/h2-8,21H,9H2,1H3,(H,22,23). The Labute approximate surface area is 138 Å². The highest BCUT2D eigenvalue weighted by Crippen LogP contribution is 2.26. The molecule has 0 saturated heterocycles. The first-order chi connectivity index (χ1) is 11.1. The van der Waals surface area contributed by atoms with E-state index in [9.17, 15) is 4.79 Å². The van der Waals surface area contributed by atoms with E-state index in [1.807, 2.05) is 25.1 Å². The van der Waals surface area contributed by atoms with Gasteiger partial charge in [-0.3, -0.25) is 4.79 Å². The van der Waals surface area contributed by atoms with E-state index in [1.54, 1.807) is 24.3 Å². The Morgan fingerprint density at radius 2 is 2.13 bits per heavy atom. The van der Waals surface area contributed by atoms with Gasteiger partial charge in [0.25, 0.3) is 0 Å². The van der Waals surface area contributed by atoms with E-state index in [0.717, 1.165) is 22.2 Å². The molecule has 114 valence electrons. The Morgan fingerprint density at radius 1 is 1.30 bits per heavy atom. The average molecular weight is 324 g/mol. The Morgan fingerprint density at radius 3 is 2.91 bits per heavy atom. The molecule has 1 heterocycles. The van der Waals surface area contributed by atoms with Crippen molar-refractivity contribution in [2.24, 2.45) is 0 Å². The molecule has 0 aliphatic carbocycles. The van der Waals surface area contributed by atoms with Crippen LogP contribution in [0, 0.1) is 18.3 Å². The Kier molecular flexibility index (Phi) is 4.05. The van der Waals surface area contributed by atoms with Crippen molar-refractivity contribution in [2.75, 3.05) is 5.32 Å². The number of fused-ring (bicyclic) bond motifs is 1. The van der Waals surface area contributed by atoms with Gasteiger partial charge in [0.1, 0.15) is 0 Å². The second kappa shape index (κ2) is 6.15. The first kappa shape index (κ1) is 15.1. The lowest BCUT2D eigenvalue weighted by Crippen LogP contribution is -2.14. The molecule has 0 unspecified atom stereocenters. The van der Waals surface area contributed by atoms with Crippen molar-refractivity contribution in [1.82, 2.24) is 4.98 Å². The Bertz CT molecular complexity index is 937. The highest BCUT2D eigenvalue weighted by molar-refractivity contribution is 6.31. The van der Waals surface area contributed by atoms with Crippen LogP contribution in [0.3, 0.4) is 0 Å². The van der Waals surface area contributed by atoms with E-state index in [1.165, 1.54) is 0 Å². The van der Waals surface area contributed by atoms with Gasteiger partial charge in [-0.05, 0) is 48.9 Å². The number of aromatic nitrogens is 1. The van der Waals surface area contributed by atoms with Crippen molar-refractivity contribution in [2.45, 2.75) is 13.3 Å². The number of benzene rings is 2. The average Bonchev–Trinajstić information content (AvgIpc) is 2.83. The van der Waals surface area contributed by atoms with Crippen LogP contribution >= 0.6 is 11.6 Å². The molecule has 2 aromatic carbocycles. The van der Waals surface area contributed by atoms with Crippen LogP contribution < -0.4 is 5.32 Å². The third-order valence-electron chi connectivity index (χ3n) is 3.69. The van der Waals surface area contributed by atoms with Gasteiger partial charge in [-0.2, -0.15) is 5.26 Å². The molecule has 4 nitrogen and oxygen atoms in total. The monoisotopic (exact) mass is 323 g/mol. The van der Waals surface area contributed by atoms with Gasteiger partial charge in [0.05, 0.1) is 18.1 Å². The summed E-state index contributed by atoms with van der Waals surface area (Å²) in [5.41, 5.74) is 3.96. The summed E-state index contributed by atoms with van der Waals surface area (Å²) in [7, 11) is 0. The maximum absolute atomic E-state index is 12.3. The van der Waals surface area contributed by atoms with E-state index in [2.05, 4.69) is 16.4 Å². The molecule has 0 aliphatic heterocycles. The predicted molar refractivity (Wildman–Crippen MR) is 91.5 cm³/mol. The number of rotatable bonds is 3. The molecular formula is C18H14ClN3O. The number of aryl methyl sites for hydroxylation is 1. The largest absolute Gasteiger partial charge is 0.358 e. The quantitative estimate of drug-likeness (QED) is 0.759. The number of halogens is 1. The number of carbonyl (C=O) groups is 1. The molecule has 1 aromatic heterocycles. The summed E-state index contributed by atoms with van der Waals surface area (Å²) in [5.74, 6) is -0.135. The van der Waals surface area contributed by atoms with Crippen LogP contribution in [0.2, 0.25) is 5.02 Å². The summed E-state index contributed by atoms with van der Waals surface area (Å²) < 4.78 is 0. The van der Waals surface area contributed by atoms with Crippen LogP contribution in [-0.2, 0) is 11.2 Å². The highest BCUT2D eigenvalue weighted by atomic mass is 35.5. The highest BCUT2D eigenvalue weighted by Gasteiger charge is 2.13. The lowest BCUT2D eigenvalue weighted by Gasteiger charge is -2.06. The van der Waals surface area contributed by atoms with Gasteiger partial charge in [0.2, 0.25) is 5.91 Å². The van der Waals surface area contributed by atoms with Gasteiger partial charge in [0.15, 0.2) is 0 Å². The van der Waals surface area contributed by atoms with Crippen LogP contribution in [0.4, 0.5) is 5.69 Å². The zero-order valence-corrected chi connectivity index (χ0v) is 13.2. The van der Waals surface area contributed by atoms with Crippen molar-refractivity contribution < 1.29 is 4.79 Å². The number of aromatic amines is 1. The van der Waals surface area contributed by atoms with Crippen molar-refractivity contribution in [3.05, 3.63) is 64.3 Å². The molecule has 23 heavy (non-hydrogen) atoms. The number of H-pyrrole nitrogens is 1. The van der Waals surface area contributed by atoms with Crippen LogP contribution in [0.1, 0.15) is 16.8 Å². The molecule has 0 saturated carbocycles. The summed E-state index contributed by atoms with van der Waals surface area (Å²) in [6.45, 7) is 1.94. The molecule has 0 atom stereocenters. The van der Waals surface area contributed by atoms with Crippen molar-refractivity contribution in [1.29, 1.82) is 5.26 Å². The minimum atomic E-state index is -0.135. The number of carbonyl (C=O) groups excluding carboxylic acids is 1. The van der Waals surface area contributed by atoms with Gasteiger partial charge >= 0.3 is 0 Å². The number of nitriles is 1. The van der Waals surface area contributed by atoms with Crippen LogP contribution in [0.5, 0.6) is 0 Å². The van der Waals surface area contributed by atoms with Crippen molar-refractivity contribution in [3.63, 3.8) is 0 Å².